The number of nitrogens with zero attached hydrogens (tertiary/aromatic N) is 2. The number of benzene rings is 1. The summed E-state index contributed by atoms with van der Waals surface area (Å²) < 4.78 is 5.43. The standard InChI is InChI=1S/C20H29N3O3/c1-20(2,3)26-19(25)23-12-4-11-22(13-14-23)18(24)21-17-9-7-16(8-10-17)15-5-6-15/h7-10,15H,4-6,11-14H2,1-3H3,(H,21,24). The number of anilines is 1. The van der Waals surface area contributed by atoms with E-state index in [2.05, 4.69) is 17.4 Å². The number of urea groups is 1. The highest BCUT2D eigenvalue weighted by molar-refractivity contribution is 5.89. The smallest absolute Gasteiger partial charge is 0.410 e. The summed E-state index contributed by atoms with van der Waals surface area (Å²) in [6, 6.07) is 8.02. The Balaban J connectivity index is 1.51. The van der Waals surface area contributed by atoms with Crippen LogP contribution in [0.5, 0.6) is 0 Å². The van der Waals surface area contributed by atoms with Crippen LogP contribution in [0, 0.1) is 0 Å². The quantitative estimate of drug-likeness (QED) is 0.867. The predicted octanol–water partition coefficient (Wildman–Crippen LogP) is 4.04. The molecule has 0 spiro atoms. The number of nitrogens with one attached hydrogen (secondary N) is 1. The van der Waals surface area contributed by atoms with Gasteiger partial charge in [0.2, 0.25) is 0 Å². The van der Waals surface area contributed by atoms with Crippen molar-refractivity contribution in [1.29, 1.82) is 0 Å². The van der Waals surface area contributed by atoms with Gasteiger partial charge >= 0.3 is 12.1 Å². The van der Waals surface area contributed by atoms with Crippen molar-refractivity contribution >= 4 is 17.8 Å². The van der Waals surface area contributed by atoms with Crippen LogP contribution in [0.2, 0.25) is 0 Å². The highest BCUT2D eigenvalue weighted by Crippen LogP contribution is 2.40. The first kappa shape index (κ1) is 18.5. The minimum absolute atomic E-state index is 0.116. The molecule has 1 N–H and O–H groups in total. The average Bonchev–Trinajstić information content (AvgIpc) is 3.40. The Kier molecular flexibility index (Phi) is 5.39. The van der Waals surface area contributed by atoms with E-state index in [1.54, 1.807) is 9.80 Å². The first-order valence-corrected chi connectivity index (χ1v) is 9.46. The van der Waals surface area contributed by atoms with Crippen LogP contribution in [0.15, 0.2) is 24.3 Å². The van der Waals surface area contributed by atoms with Gasteiger partial charge in [0, 0.05) is 31.9 Å². The Morgan fingerprint density at radius 2 is 1.62 bits per heavy atom. The van der Waals surface area contributed by atoms with Crippen molar-refractivity contribution in [3.8, 4) is 0 Å². The third kappa shape index (κ3) is 5.13. The fraction of sp³-hybridized carbons (Fsp3) is 0.600. The largest absolute Gasteiger partial charge is 0.444 e. The van der Waals surface area contributed by atoms with E-state index in [1.807, 2.05) is 32.9 Å². The third-order valence-electron chi connectivity index (χ3n) is 4.65. The second kappa shape index (κ2) is 7.56. The lowest BCUT2D eigenvalue weighted by Crippen LogP contribution is -2.41. The monoisotopic (exact) mass is 359 g/mol. The van der Waals surface area contributed by atoms with E-state index in [0.717, 1.165) is 12.1 Å². The topological polar surface area (TPSA) is 61.9 Å². The van der Waals surface area contributed by atoms with Crippen LogP contribution in [0.4, 0.5) is 15.3 Å². The molecule has 0 radical (unpaired) electrons. The molecule has 0 aromatic heterocycles. The molecule has 1 heterocycles. The molecule has 0 bridgehead atoms. The van der Waals surface area contributed by atoms with Gasteiger partial charge in [-0.3, -0.25) is 0 Å². The summed E-state index contributed by atoms with van der Waals surface area (Å²) in [5.41, 5.74) is 1.66. The summed E-state index contributed by atoms with van der Waals surface area (Å²) in [4.78, 5) is 28.2. The fourth-order valence-corrected chi connectivity index (χ4v) is 3.09. The Morgan fingerprint density at radius 1 is 1.00 bits per heavy atom. The first-order chi connectivity index (χ1) is 12.3. The van der Waals surface area contributed by atoms with Gasteiger partial charge in [-0.05, 0) is 63.6 Å². The highest BCUT2D eigenvalue weighted by atomic mass is 16.6. The fourth-order valence-electron chi connectivity index (χ4n) is 3.09. The summed E-state index contributed by atoms with van der Waals surface area (Å²) in [6.07, 6.45) is 2.98. The van der Waals surface area contributed by atoms with E-state index in [-0.39, 0.29) is 12.1 Å². The molecule has 2 fully saturated rings. The zero-order valence-electron chi connectivity index (χ0n) is 16.0. The van der Waals surface area contributed by atoms with Crippen molar-refractivity contribution in [2.45, 2.75) is 51.6 Å². The lowest BCUT2D eigenvalue weighted by Gasteiger charge is -2.26. The van der Waals surface area contributed by atoms with Crippen LogP contribution >= 0.6 is 0 Å². The molecule has 1 saturated heterocycles. The molecule has 1 saturated carbocycles. The van der Waals surface area contributed by atoms with E-state index in [1.165, 1.54) is 18.4 Å². The van der Waals surface area contributed by atoms with Crippen LogP contribution < -0.4 is 5.32 Å². The van der Waals surface area contributed by atoms with Gasteiger partial charge in [-0.1, -0.05) is 12.1 Å². The molecule has 1 aliphatic heterocycles. The molecule has 0 unspecified atom stereocenters. The number of amides is 3. The van der Waals surface area contributed by atoms with E-state index in [9.17, 15) is 9.59 Å². The molecular weight excluding hydrogens is 330 g/mol. The normalized spacial score (nSPS) is 18.3. The highest BCUT2D eigenvalue weighted by Gasteiger charge is 2.26. The lowest BCUT2D eigenvalue weighted by molar-refractivity contribution is 0.0259. The Labute approximate surface area is 155 Å². The summed E-state index contributed by atoms with van der Waals surface area (Å²) in [5, 5.41) is 2.96. The molecule has 2 aliphatic rings. The summed E-state index contributed by atoms with van der Waals surface area (Å²) >= 11 is 0. The van der Waals surface area contributed by atoms with Crippen LogP contribution in [0.25, 0.3) is 0 Å². The van der Waals surface area contributed by atoms with Crippen LogP contribution in [-0.2, 0) is 4.74 Å². The third-order valence-corrected chi connectivity index (χ3v) is 4.65. The van der Waals surface area contributed by atoms with Crippen molar-refractivity contribution in [3.63, 3.8) is 0 Å². The second-order valence-electron chi connectivity index (χ2n) is 8.13. The number of ether oxygens (including phenoxy) is 1. The summed E-state index contributed by atoms with van der Waals surface area (Å²) in [6.45, 7) is 7.80. The van der Waals surface area contributed by atoms with Crippen molar-refractivity contribution < 1.29 is 14.3 Å². The number of hydrogen-bond acceptors (Lipinski definition) is 3. The molecule has 1 aromatic rings. The lowest BCUT2D eigenvalue weighted by atomic mass is 10.1. The summed E-state index contributed by atoms with van der Waals surface area (Å²) in [5.74, 6) is 0.712. The molecular formula is C20H29N3O3. The number of carbonyl (C=O) groups is 2. The minimum atomic E-state index is -0.507. The van der Waals surface area contributed by atoms with Crippen molar-refractivity contribution in [1.82, 2.24) is 9.80 Å². The van der Waals surface area contributed by atoms with Crippen LogP contribution in [0.3, 0.4) is 0 Å². The molecule has 3 rings (SSSR count). The average molecular weight is 359 g/mol. The molecule has 1 aliphatic carbocycles. The summed E-state index contributed by atoms with van der Waals surface area (Å²) in [7, 11) is 0. The molecule has 26 heavy (non-hydrogen) atoms. The van der Waals surface area contributed by atoms with E-state index < -0.39 is 5.60 Å². The van der Waals surface area contributed by atoms with Crippen LogP contribution in [-0.4, -0.2) is 53.7 Å². The molecule has 1 aromatic carbocycles. The predicted molar refractivity (Wildman–Crippen MR) is 101 cm³/mol. The Bertz CT molecular complexity index is 647. The molecule has 6 heteroatoms. The molecule has 0 atom stereocenters. The first-order valence-electron chi connectivity index (χ1n) is 9.46. The van der Waals surface area contributed by atoms with E-state index in [4.69, 9.17) is 4.74 Å². The van der Waals surface area contributed by atoms with Gasteiger partial charge in [0.25, 0.3) is 0 Å². The van der Waals surface area contributed by atoms with E-state index >= 15 is 0 Å². The van der Waals surface area contributed by atoms with Gasteiger partial charge in [0.15, 0.2) is 0 Å². The molecule has 6 nitrogen and oxygen atoms in total. The second-order valence-corrected chi connectivity index (χ2v) is 8.13. The van der Waals surface area contributed by atoms with Gasteiger partial charge in [0.05, 0.1) is 0 Å². The van der Waals surface area contributed by atoms with E-state index in [0.29, 0.717) is 32.1 Å². The molecule has 3 amide bonds. The van der Waals surface area contributed by atoms with Crippen molar-refractivity contribution in [3.05, 3.63) is 29.8 Å². The number of hydrogen-bond donors (Lipinski definition) is 1. The van der Waals surface area contributed by atoms with Gasteiger partial charge in [-0.15, -0.1) is 0 Å². The minimum Gasteiger partial charge on any atom is -0.444 e. The van der Waals surface area contributed by atoms with Gasteiger partial charge < -0.3 is 19.9 Å². The SMILES string of the molecule is CC(C)(C)OC(=O)N1CCCN(C(=O)Nc2ccc(C3CC3)cc2)CC1. The number of carbonyl (C=O) groups excluding carboxylic acids is 2. The van der Waals surface area contributed by atoms with Gasteiger partial charge in [-0.2, -0.15) is 0 Å². The van der Waals surface area contributed by atoms with Crippen molar-refractivity contribution in [2.75, 3.05) is 31.5 Å². The van der Waals surface area contributed by atoms with Gasteiger partial charge in [-0.25, -0.2) is 9.59 Å². The Hall–Kier alpha value is -2.24. The Morgan fingerprint density at radius 3 is 2.23 bits per heavy atom. The zero-order chi connectivity index (χ0) is 18.7. The van der Waals surface area contributed by atoms with Crippen molar-refractivity contribution in [2.24, 2.45) is 0 Å². The van der Waals surface area contributed by atoms with Crippen LogP contribution in [0.1, 0.15) is 51.5 Å². The number of rotatable bonds is 2. The van der Waals surface area contributed by atoms with Gasteiger partial charge in [0.1, 0.15) is 5.60 Å². The maximum absolute atomic E-state index is 12.5. The maximum atomic E-state index is 12.5. The maximum Gasteiger partial charge on any atom is 0.410 e. The molecule has 142 valence electrons. The zero-order valence-corrected chi connectivity index (χ0v) is 16.0.